The zero-order chi connectivity index (χ0) is 21.0. The molecule has 0 bridgehead atoms. The minimum absolute atomic E-state index is 0.100. The molecule has 2 aromatic carbocycles. The lowest BCUT2D eigenvalue weighted by molar-refractivity contribution is 0.0684. The van der Waals surface area contributed by atoms with Crippen molar-refractivity contribution in [3.63, 3.8) is 0 Å². The standard InChI is InChI=1S/C22H25N3O4/c1-5-29-19-12-15(10-11-18(19)28-4)22(27)25(14(2)3)13-20-23-17-9-7-6-8-16(17)21(26)24-20/h6-12,14H,5,13H2,1-4H3,(H,23,24,26). The van der Waals surface area contributed by atoms with E-state index in [1.165, 1.54) is 0 Å². The van der Waals surface area contributed by atoms with Crippen LogP contribution in [0.2, 0.25) is 0 Å². The zero-order valence-corrected chi connectivity index (χ0v) is 17.1. The van der Waals surface area contributed by atoms with E-state index in [1.807, 2.05) is 26.8 Å². The lowest BCUT2D eigenvalue weighted by Crippen LogP contribution is -2.37. The van der Waals surface area contributed by atoms with Gasteiger partial charge in [-0.15, -0.1) is 0 Å². The molecule has 0 unspecified atom stereocenters. The van der Waals surface area contributed by atoms with Gasteiger partial charge in [-0.05, 0) is 51.1 Å². The van der Waals surface area contributed by atoms with Gasteiger partial charge in [0, 0.05) is 11.6 Å². The van der Waals surface area contributed by atoms with Gasteiger partial charge in [-0.25, -0.2) is 4.98 Å². The number of H-pyrrole nitrogens is 1. The highest BCUT2D eigenvalue weighted by Gasteiger charge is 2.22. The maximum atomic E-state index is 13.2. The molecule has 0 aliphatic carbocycles. The molecule has 152 valence electrons. The Kier molecular flexibility index (Phi) is 6.16. The number of aromatic nitrogens is 2. The van der Waals surface area contributed by atoms with E-state index >= 15 is 0 Å². The second kappa shape index (κ2) is 8.77. The number of aromatic amines is 1. The van der Waals surface area contributed by atoms with Crippen molar-refractivity contribution in [2.45, 2.75) is 33.4 Å². The Morgan fingerprint density at radius 3 is 2.62 bits per heavy atom. The molecule has 1 heterocycles. The quantitative estimate of drug-likeness (QED) is 0.663. The molecule has 29 heavy (non-hydrogen) atoms. The molecule has 0 radical (unpaired) electrons. The first-order valence-electron chi connectivity index (χ1n) is 9.54. The highest BCUT2D eigenvalue weighted by atomic mass is 16.5. The Hall–Kier alpha value is -3.35. The van der Waals surface area contributed by atoms with Crippen LogP contribution in [0.5, 0.6) is 11.5 Å². The van der Waals surface area contributed by atoms with E-state index in [4.69, 9.17) is 9.47 Å². The highest BCUT2D eigenvalue weighted by molar-refractivity contribution is 5.95. The first kappa shape index (κ1) is 20.4. The molecule has 0 fully saturated rings. The van der Waals surface area contributed by atoms with Crippen LogP contribution in [0.3, 0.4) is 0 Å². The molecular formula is C22H25N3O4. The van der Waals surface area contributed by atoms with Gasteiger partial charge in [-0.3, -0.25) is 9.59 Å². The summed E-state index contributed by atoms with van der Waals surface area (Å²) >= 11 is 0. The Bertz CT molecular complexity index is 1080. The number of ether oxygens (including phenoxy) is 2. The van der Waals surface area contributed by atoms with Crippen LogP contribution >= 0.6 is 0 Å². The molecule has 0 spiro atoms. The van der Waals surface area contributed by atoms with Gasteiger partial charge in [0.2, 0.25) is 0 Å². The van der Waals surface area contributed by atoms with Gasteiger partial charge in [0.1, 0.15) is 5.82 Å². The van der Waals surface area contributed by atoms with Crippen LogP contribution in [0, 0.1) is 0 Å². The van der Waals surface area contributed by atoms with Crippen molar-refractivity contribution >= 4 is 16.8 Å². The van der Waals surface area contributed by atoms with Crippen LogP contribution in [0.4, 0.5) is 0 Å². The van der Waals surface area contributed by atoms with E-state index in [9.17, 15) is 9.59 Å². The third-order valence-electron chi connectivity index (χ3n) is 4.58. The van der Waals surface area contributed by atoms with E-state index in [-0.39, 0.29) is 24.1 Å². The lowest BCUT2D eigenvalue weighted by Gasteiger charge is -2.26. The minimum atomic E-state index is -0.218. The molecule has 0 saturated heterocycles. The van der Waals surface area contributed by atoms with E-state index in [0.29, 0.717) is 40.4 Å². The number of fused-ring (bicyclic) bond motifs is 1. The predicted molar refractivity (Wildman–Crippen MR) is 112 cm³/mol. The number of amides is 1. The number of methoxy groups -OCH3 is 1. The monoisotopic (exact) mass is 395 g/mol. The molecule has 0 aliphatic rings. The maximum Gasteiger partial charge on any atom is 0.258 e. The van der Waals surface area contributed by atoms with Crippen LogP contribution in [0.1, 0.15) is 37.0 Å². The molecule has 7 nitrogen and oxygen atoms in total. The Morgan fingerprint density at radius 1 is 1.17 bits per heavy atom. The van der Waals surface area contributed by atoms with Crippen molar-refractivity contribution in [2.24, 2.45) is 0 Å². The summed E-state index contributed by atoms with van der Waals surface area (Å²) in [5, 5.41) is 0.523. The van der Waals surface area contributed by atoms with Crippen LogP contribution in [0.25, 0.3) is 10.9 Å². The van der Waals surface area contributed by atoms with Gasteiger partial charge in [0.15, 0.2) is 11.5 Å². The van der Waals surface area contributed by atoms with E-state index in [1.54, 1.807) is 48.4 Å². The zero-order valence-electron chi connectivity index (χ0n) is 17.1. The summed E-state index contributed by atoms with van der Waals surface area (Å²) in [6.07, 6.45) is 0. The van der Waals surface area contributed by atoms with Gasteiger partial charge in [-0.2, -0.15) is 0 Å². The van der Waals surface area contributed by atoms with Crippen molar-refractivity contribution in [1.82, 2.24) is 14.9 Å². The fraction of sp³-hybridized carbons (Fsp3) is 0.318. The van der Waals surface area contributed by atoms with Crippen molar-refractivity contribution in [3.8, 4) is 11.5 Å². The Morgan fingerprint density at radius 2 is 1.93 bits per heavy atom. The SMILES string of the molecule is CCOc1cc(C(=O)N(Cc2nc3ccccc3c(=O)[nH]2)C(C)C)ccc1OC. The number of para-hydroxylation sites is 1. The summed E-state index contributed by atoms with van der Waals surface area (Å²) in [5.41, 5.74) is 0.862. The minimum Gasteiger partial charge on any atom is -0.493 e. The lowest BCUT2D eigenvalue weighted by atomic mass is 10.1. The van der Waals surface area contributed by atoms with Crippen molar-refractivity contribution in [1.29, 1.82) is 0 Å². The summed E-state index contributed by atoms with van der Waals surface area (Å²) in [6.45, 7) is 6.36. The fourth-order valence-electron chi connectivity index (χ4n) is 3.10. The average molecular weight is 395 g/mol. The molecule has 1 aromatic heterocycles. The van der Waals surface area contributed by atoms with Crippen LogP contribution < -0.4 is 15.0 Å². The van der Waals surface area contributed by atoms with Crippen LogP contribution in [-0.4, -0.2) is 40.5 Å². The molecule has 1 amide bonds. The Balaban J connectivity index is 1.93. The summed E-state index contributed by atoms with van der Waals surface area (Å²) < 4.78 is 10.9. The van der Waals surface area contributed by atoms with Crippen molar-refractivity contribution in [2.75, 3.05) is 13.7 Å². The molecule has 0 atom stereocenters. The number of hydrogen-bond acceptors (Lipinski definition) is 5. The number of hydrogen-bond donors (Lipinski definition) is 1. The molecule has 7 heteroatoms. The fourth-order valence-corrected chi connectivity index (χ4v) is 3.10. The number of carbonyl (C=O) groups is 1. The van der Waals surface area contributed by atoms with E-state index in [0.717, 1.165) is 0 Å². The smallest absolute Gasteiger partial charge is 0.258 e. The number of rotatable bonds is 7. The first-order valence-corrected chi connectivity index (χ1v) is 9.54. The molecule has 1 N–H and O–H groups in total. The molecule has 0 saturated carbocycles. The van der Waals surface area contributed by atoms with Gasteiger partial charge in [0.05, 0.1) is 31.2 Å². The summed E-state index contributed by atoms with van der Waals surface area (Å²) in [7, 11) is 1.56. The molecule has 3 rings (SSSR count). The van der Waals surface area contributed by atoms with Gasteiger partial charge in [-0.1, -0.05) is 12.1 Å². The van der Waals surface area contributed by atoms with Gasteiger partial charge >= 0.3 is 0 Å². The predicted octanol–water partition coefficient (Wildman–Crippen LogP) is 3.38. The second-order valence-corrected chi connectivity index (χ2v) is 6.86. The third-order valence-corrected chi connectivity index (χ3v) is 4.58. The van der Waals surface area contributed by atoms with Crippen molar-refractivity contribution < 1.29 is 14.3 Å². The summed E-state index contributed by atoms with van der Waals surface area (Å²) in [5.74, 6) is 1.34. The highest BCUT2D eigenvalue weighted by Crippen LogP contribution is 2.29. The largest absolute Gasteiger partial charge is 0.493 e. The third kappa shape index (κ3) is 4.39. The topological polar surface area (TPSA) is 84.5 Å². The normalized spacial score (nSPS) is 10.9. The van der Waals surface area contributed by atoms with Crippen LogP contribution in [-0.2, 0) is 6.54 Å². The summed E-state index contributed by atoms with van der Waals surface area (Å²) in [4.78, 5) is 34.5. The number of nitrogens with zero attached hydrogens (tertiary/aromatic N) is 2. The average Bonchev–Trinajstić information content (AvgIpc) is 2.71. The van der Waals surface area contributed by atoms with E-state index in [2.05, 4.69) is 9.97 Å². The van der Waals surface area contributed by atoms with Crippen LogP contribution in [0.15, 0.2) is 47.3 Å². The molecular weight excluding hydrogens is 370 g/mol. The number of benzene rings is 2. The molecule has 3 aromatic rings. The second-order valence-electron chi connectivity index (χ2n) is 6.86. The Labute approximate surface area is 169 Å². The summed E-state index contributed by atoms with van der Waals surface area (Å²) in [6, 6.07) is 12.1. The van der Waals surface area contributed by atoms with Gasteiger partial charge < -0.3 is 19.4 Å². The van der Waals surface area contributed by atoms with Gasteiger partial charge in [0.25, 0.3) is 11.5 Å². The maximum absolute atomic E-state index is 13.2. The van der Waals surface area contributed by atoms with Crippen molar-refractivity contribution in [3.05, 3.63) is 64.2 Å². The number of nitrogens with one attached hydrogen (secondary N) is 1. The number of carbonyl (C=O) groups excluding carboxylic acids is 1. The van der Waals surface area contributed by atoms with E-state index < -0.39 is 0 Å². The molecule has 0 aliphatic heterocycles. The first-order chi connectivity index (χ1) is 13.9.